The van der Waals surface area contributed by atoms with Gasteiger partial charge < -0.3 is 5.11 Å². The minimum atomic E-state index is -1.03. The number of nitrogens with zero attached hydrogens (tertiary/aromatic N) is 2. The summed E-state index contributed by atoms with van der Waals surface area (Å²) in [6.07, 6.45) is 6.23. The van der Waals surface area contributed by atoms with Gasteiger partial charge in [0.05, 0.1) is 11.1 Å². The fraction of sp³-hybridized carbons (Fsp3) is 0.115. The van der Waals surface area contributed by atoms with E-state index in [-0.39, 0.29) is 5.57 Å². The van der Waals surface area contributed by atoms with E-state index in [0.717, 1.165) is 32.3 Å². The van der Waals surface area contributed by atoms with Gasteiger partial charge in [0.1, 0.15) is 0 Å². The van der Waals surface area contributed by atoms with Gasteiger partial charge in [0.2, 0.25) is 12.4 Å². The largest absolute Gasteiger partial charge is 0.478 e. The number of carboxylic acid groups (broad SMARTS) is 1. The van der Waals surface area contributed by atoms with Crippen molar-refractivity contribution in [2.24, 2.45) is 0 Å². The number of carbonyl (C=O) groups is 1. The molecule has 4 aromatic rings. The van der Waals surface area contributed by atoms with Crippen molar-refractivity contribution in [3.8, 4) is 11.1 Å². The third-order valence-electron chi connectivity index (χ3n) is 5.26. The third-order valence-corrected chi connectivity index (χ3v) is 5.26. The molecule has 4 rings (SSSR count). The molecule has 0 aliphatic heterocycles. The molecule has 0 spiro atoms. The Bertz CT molecular complexity index is 1290. The minimum Gasteiger partial charge on any atom is -0.478 e. The lowest BCUT2D eigenvalue weighted by molar-refractivity contribution is -0.904. The fourth-order valence-corrected chi connectivity index (χ4v) is 3.60. The maximum atomic E-state index is 11.9. The molecule has 5 nitrogen and oxygen atoms in total. The predicted molar refractivity (Wildman–Crippen MR) is 121 cm³/mol. The molecule has 0 saturated heterocycles. The second-order valence-corrected chi connectivity index (χ2v) is 7.75. The number of benzene rings is 2. The Hall–Kier alpha value is -3.99. The van der Waals surface area contributed by atoms with Crippen LogP contribution in [0.2, 0.25) is 0 Å². The summed E-state index contributed by atoms with van der Waals surface area (Å²) in [5.74, 6) is -0.660. The number of aliphatic carboxylic acids is 1. The molecule has 31 heavy (non-hydrogen) atoms. The van der Waals surface area contributed by atoms with Gasteiger partial charge in [0, 0.05) is 39.6 Å². The Morgan fingerprint density at radius 2 is 1.81 bits per heavy atom. The van der Waals surface area contributed by atoms with Crippen molar-refractivity contribution in [2.45, 2.75) is 19.8 Å². The molecular formula is C26H23N2O3+. The van der Waals surface area contributed by atoms with Crippen LogP contribution in [0.4, 0.5) is 0 Å². The van der Waals surface area contributed by atoms with Crippen molar-refractivity contribution in [3.63, 3.8) is 0 Å². The van der Waals surface area contributed by atoms with Gasteiger partial charge >= 0.3 is 5.97 Å². The van der Waals surface area contributed by atoms with E-state index in [2.05, 4.69) is 37.0 Å². The number of pyridine rings is 2. The molecule has 0 atom stereocenters. The van der Waals surface area contributed by atoms with Crippen molar-refractivity contribution in [2.75, 3.05) is 0 Å². The zero-order valence-corrected chi connectivity index (χ0v) is 17.4. The fourth-order valence-electron chi connectivity index (χ4n) is 3.60. The van der Waals surface area contributed by atoms with E-state index in [9.17, 15) is 15.1 Å². The summed E-state index contributed by atoms with van der Waals surface area (Å²) in [4.78, 5) is 16.5. The summed E-state index contributed by atoms with van der Waals surface area (Å²) >= 11 is 0. The van der Waals surface area contributed by atoms with Crippen LogP contribution in [0, 0.1) is 0 Å². The zero-order valence-electron chi connectivity index (χ0n) is 17.4. The maximum absolute atomic E-state index is 11.9. The van der Waals surface area contributed by atoms with Crippen LogP contribution >= 0.6 is 0 Å². The lowest BCUT2D eigenvalue weighted by Crippen LogP contribution is -2.28. The topological polar surface area (TPSA) is 74.3 Å². The van der Waals surface area contributed by atoms with Gasteiger partial charge in [-0.3, -0.25) is 10.2 Å². The highest BCUT2D eigenvalue weighted by Gasteiger charge is 2.14. The molecule has 0 saturated carbocycles. The summed E-state index contributed by atoms with van der Waals surface area (Å²) in [6, 6.07) is 19.3. The number of aromatic nitrogens is 2. The monoisotopic (exact) mass is 411 g/mol. The van der Waals surface area contributed by atoms with Crippen LogP contribution < -0.4 is 4.73 Å². The van der Waals surface area contributed by atoms with E-state index in [1.54, 1.807) is 24.4 Å². The van der Waals surface area contributed by atoms with Crippen LogP contribution in [0.3, 0.4) is 0 Å². The van der Waals surface area contributed by atoms with Crippen molar-refractivity contribution in [3.05, 3.63) is 95.9 Å². The molecule has 5 heteroatoms. The highest BCUT2D eigenvalue weighted by atomic mass is 16.5. The zero-order chi connectivity index (χ0) is 22.0. The Morgan fingerprint density at radius 3 is 2.52 bits per heavy atom. The Labute approximate surface area is 180 Å². The predicted octanol–water partition coefficient (Wildman–Crippen LogP) is 5.18. The van der Waals surface area contributed by atoms with Gasteiger partial charge in [0.25, 0.3) is 0 Å². The molecule has 0 unspecified atom stereocenters. The van der Waals surface area contributed by atoms with Crippen molar-refractivity contribution < 1.29 is 19.8 Å². The van der Waals surface area contributed by atoms with Gasteiger partial charge in [-0.2, -0.15) is 0 Å². The van der Waals surface area contributed by atoms with E-state index >= 15 is 0 Å². The van der Waals surface area contributed by atoms with Crippen LogP contribution in [-0.2, 0) is 4.79 Å². The van der Waals surface area contributed by atoms with Gasteiger partial charge in [0.15, 0.2) is 0 Å². The quantitative estimate of drug-likeness (QED) is 0.270. The van der Waals surface area contributed by atoms with E-state index in [0.29, 0.717) is 11.5 Å². The van der Waals surface area contributed by atoms with E-state index in [1.165, 1.54) is 18.0 Å². The number of hydrogen-bond acceptors (Lipinski definition) is 3. The lowest BCUT2D eigenvalue weighted by Gasteiger charge is -2.13. The number of hydrogen-bond donors (Lipinski definition) is 2. The second-order valence-electron chi connectivity index (χ2n) is 7.75. The normalized spacial score (nSPS) is 11.8. The van der Waals surface area contributed by atoms with Crippen LogP contribution in [-0.4, -0.2) is 21.3 Å². The molecule has 2 aromatic heterocycles. The van der Waals surface area contributed by atoms with Crippen molar-refractivity contribution >= 4 is 28.5 Å². The van der Waals surface area contributed by atoms with E-state index in [4.69, 9.17) is 0 Å². The van der Waals surface area contributed by atoms with Crippen LogP contribution in [0.15, 0.2) is 79.3 Å². The Balaban J connectivity index is 1.84. The SMILES string of the molecule is CC(C)c1cc(-c2cccc(/C=C(\C(=O)O)c3cc[n+](O)cc3)c2)c2ncccc2c1. The lowest BCUT2D eigenvalue weighted by atomic mass is 9.93. The first kappa shape index (κ1) is 20.3. The first-order valence-corrected chi connectivity index (χ1v) is 10.1. The van der Waals surface area contributed by atoms with Crippen molar-refractivity contribution in [1.29, 1.82) is 0 Å². The molecule has 2 aromatic carbocycles. The summed E-state index contributed by atoms with van der Waals surface area (Å²) < 4.78 is 0.878. The highest BCUT2D eigenvalue weighted by Crippen LogP contribution is 2.32. The molecule has 0 aliphatic carbocycles. The van der Waals surface area contributed by atoms with Crippen molar-refractivity contribution in [1.82, 2.24) is 4.98 Å². The Morgan fingerprint density at radius 1 is 1.03 bits per heavy atom. The first-order chi connectivity index (χ1) is 14.9. The highest BCUT2D eigenvalue weighted by molar-refractivity contribution is 6.20. The molecule has 0 amide bonds. The third kappa shape index (κ3) is 4.31. The summed E-state index contributed by atoms with van der Waals surface area (Å²) in [7, 11) is 0. The standard InChI is InChI=1S/C26H22N2O3/c1-17(2)22-15-21-7-4-10-27-25(21)23(16-22)20-6-3-5-18(13-20)14-24(26(29)30)19-8-11-28(31)12-9-19/h3-17H,1-2H3,(H-,29,30,31)/p+1/b24-14-. The van der Waals surface area contributed by atoms with Crippen LogP contribution in [0.25, 0.3) is 33.7 Å². The smallest absolute Gasteiger partial charge is 0.336 e. The van der Waals surface area contributed by atoms with Crippen LogP contribution in [0.1, 0.15) is 36.5 Å². The molecule has 0 fully saturated rings. The number of rotatable bonds is 5. The molecular weight excluding hydrogens is 388 g/mol. The van der Waals surface area contributed by atoms with Gasteiger partial charge in [-0.15, -0.1) is 0 Å². The average molecular weight is 411 g/mol. The summed E-state index contributed by atoms with van der Waals surface area (Å²) in [5.41, 5.74) is 5.58. The molecule has 2 heterocycles. The molecule has 2 N–H and O–H groups in total. The maximum Gasteiger partial charge on any atom is 0.336 e. The van der Waals surface area contributed by atoms with E-state index in [1.807, 2.05) is 30.3 Å². The van der Waals surface area contributed by atoms with Crippen LogP contribution in [0.5, 0.6) is 0 Å². The molecule has 154 valence electrons. The number of carboxylic acids is 1. The second kappa shape index (κ2) is 8.40. The summed E-state index contributed by atoms with van der Waals surface area (Å²) in [6.45, 7) is 4.32. The van der Waals surface area contributed by atoms with E-state index < -0.39 is 5.97 Å². The van der Waals surface area contributed by atoms with Gasteiger partial charge in [-0.1, -0.05) is 38.1 Å². The Kier molecular flexibility index (Phi) is 5.50. The molecule has 0 bridgehead atoms. The average Bonchev–Trinajstić information content (AvgIpc) is 2.77. The summed E-state index contributed by atoms with van der Waals surface area (Å²) in [5, 5.41) is 20.2. The number of fused-ring (bicyclic) bond motifs is 1. The minimum absolute atomic E-state index is 0.150. The first-order valence-electron chi connectivity index (χ1n) is 10.1. The molecule has 0 radical (unpaired) electrons. The van der Waals surface area contributed by atoms with Gasteiger partial charge in [-0.05, 0) is 52.9 Å². The van der Waals surface area contributed by atoms with Gasteiger partial charge in [-0.25, -0.2) is 4.79 Å². The molecule has 0 aliphatic rings.